The number of amides is 2. The largest absolute Gasteiger partial charge is 0.382 e. The lowest BCUT2D eigenvalue weighted by Crippen LogP contribution is -2.38. The molecule has 2 N–H and O–H groups in total. The van der Waals surface area contributed by atoms with E-state index in [4.69, 9.17) is 4.84 Å². The van der Waals surface area contributed by atoms with Crippen LogP contribution in [0.5, 0.6) is 0 Å². The van der Waals surface area contributed by atoms with Crippen LogP contribution < -0.4 is 10.6 Å². The SMILES string of the molecule is CN(C)CCNC(=O)CCNC(=O)C1CC(c2ccc(F)cc2)=NO1. The zero-order chi connectivity index (χ0) is 18.2. The minimum absolute atomic E-state index is 0.113. The van der Waals surface area contributed by atoms with E-state index in [2.05, 4.69) is 15.8 Å². The molecule has 25 heavy (non-hydrogen) atoms. The third-order valence-electron chi connectivity index (χ3n) is 3.67. The number of halogens is 1. The van der Waals surface area contributed by atoms with Crippen LogP contribution in [0.4, 0.5) is 4.39 Å². The molecular weight excluding hydrogens is 327 g/mol. The number of hydrogen-bond acceptors (Lipinski definition) is 5. The molecule has 7 nitrogen and oxygen atoms in total. The number of carbonyl (C=O) groups excluding carboxylic acids is 2. The number of carbonyl (C=O) groups is 2. The summed E-state index contributed by atoms with van der Waals surface area (Å²) in [6.07, 6.45) is -0.207. The summed E-state index contributed by atoms with van der Waals surface area (Å²) < 4.78 is 12.9. The summed E-state index contributed by atoms with van der Waals surface area (Å²) in [5.41, 5.74) is 1.32. The van der Waals surface area contributed by atoms with Gasteiger partial charge in [0.25, 0.3) is 5.91 Å². The summed E-state index contributed by atoms with van der Waals surface area (Å²) in [5.74, 6) is -0.763. The Morgan fingerprint density at radius 2 is 1.96 bits per heavy atom. The predicted octanol–water partition coefficient (Wildman–Crippen LogP) is 0.503. The Labute approximate surface area is 146 Å². The molecule has 1 aliphatic rings. The van der Waals surface area contributed by atoms with Crippen molar-refractivity contribution in [3.05, 3.63) is 35.6 Å². The number of nitrogens with zero attached hydrogens (tertiary/aromatic N) is 2. The summed E-state index contributed by atoms with van der Waals surface area (Å²) in [6.45, 7) is 1.57. The van der Waals surface area contributed by atoms with Crippen LogP contribution >= 0.6 is 0 Å². The topological polar surface area (TPSA) is 83.0 Å². The Balaban J connectivity index is 1.67. The van der Waals surface area contributed by atoms with Crippen molar-refractivity contribution in [2.24, 2.45) is 5.16 Å². The first-order chi connectivity index (χ1) is 12.0. The van der Waals surface area contributed by atoms with Crippen molar-refractivity contribution in [3.8, 4) is 0 Å². The standard InChI is InChI=1S/C17H23FN4O3/c1-22(2)10-9-19-16(23)7-8-20-17(24)15-11-14(21-25-15)12-3-5-13(18)6-4-12/h3-6,15H,7-11H2,1-2H3,(H,19,23)(H,20,24). The highest BCUT2D eigenvalue weighted by Crippen LogP contribution is 2.17. The van der Waals surface area contributed by atoms with Gasteiger partial charge >= 0.3 is 0 Å². The molecule has 1 aromatic rings. The summed E-state index contributed by atoms with van der Waals surface area (Å²) in [4.78, 5) is 30.8. The average Bonchev–Trinajstić information content (AvgIpc) is 3.05. The molecule has 1 atom stereocenters. The highest BCUT2D eigenvalue weighted by Gasteiger charge is 2.28. The molecule has 1 heterocycles. The minimum atomic E-state index is -0.725. The van der Waals surface area contributed by atoms with Crippen molar-refractivity contribution in [2.75, 3.05) is 33.7 Å². The normalized spacial score (nSPS) is 16.3. The van der Waals surface area contributed by atoms with Gasteiger partial charge in [0.15, 0.2) is 0 Å². The quantitative estimate of drug-likeness (QED) is 0.715. The van der Waals surface area contributed by atoms with E-state index < -0.39 is 6.10 Å². The fourth-order valence-electron chi connectivity index (χ4n) is 2.25. The highest BCUT2D eigenvalue weighted by molar-refractivity contribution is 6.04. The lowest BCUT2D eigenvalue weighted by atomic mass is 10.0. The molecule has 0 radical (unpaired) electrons. The van der Waals surface area contributed by atoms with Crippen LogP contribution in [0.25, 0.3) is 0 Å². The first kappa shape index (κ1) is 18.9. The van der Waals surface area contributed by atoms with Gasteiger partial charge in [0.2, 0.25) is 12.0 Å². The highest BCUT2D eigenvalue weighted by atomic mass is 19.1. The number of nitrogens with one attached hydrogen (secondary N) is 2. The van der Waals surface area contributed by atoms with E-state index in [1.54, 1.807) is 12.1 Å². The first-order valence-electron chi connectivity index (χ1n) is 8.13. The Hall–Kier alpha value is -2.48. The Kier molecular flexibility index (Phi) is 6.88. The van der Waals surface area contributed by atoms with Crippen LogP contribution in [0.1, 0.15) is 18.4 Å². The van der Waals surface area contributed by atoms with Gasteiger partial charge in [0.1, 0.15) is 5.82 Å². The van der Waals surface area contributed by atoms with E-state index in [1.165, 1.54) is 12.1 Å². The maximum atomic E-state index is 12.9. The molecule has 0 aliphatic carbocycles. The molecular formula is C17H23FN4O3. The van der Waals surface area contributed by atoms with Crippen LogP contribution in [0.3, 0.4) is 0 Å². The fourth-order valence-corrected chi connectivity index (χ4v) is 2.25. The van der Waals surface area contributed by atoms with Gasteiger partial charge in [-0.15, -0.1) is 0 Å². The number of likely N-dealkylation sites (N-methyl/N-ethyl adjacent to an activating group) is 1. The van der Waals surface area contributed by atoms with Gasteiger partial charge in [0.05, 0.1) is 5.71 Å². The molecule has 0 fully saturated rings. The van der Waals surface area contributed by atoms with Crippen molar-refractivity contribution in [2.45, 2.75) is 18.9 Å². The lowest BCUT2D eigenvalue weighted by Gasteiger charge is -2.11. The van der Waals surface area contributed by atoms with Crippen LogP contribution in [0, 0.1) is 5.82 Å². The molecule has 0 saturated heterocycles. The second-order valence-corrected chi connectivity index (χ2v) is 6.04. The van der Waals surface area contributed by atoms with Gasteiger partial charge < -0.3 is 20.4 Å². The fraction of sp³-hybridized carbons (Fsp3) is 0.471. The lowest BCUT2D eigenvalue weighted by molar-refractivity contribution is -0.131. The molecule has 8 heteroatoms. The maximum absolute atomic E-state index is 12.9. The van der Waals surface area contributed by atoms with Crippen molar-refractivity contribution in [3.63, 3.8) is 0 Å². The summed E-state index contributed by atoms with van der Waals surface area (Å²) in [5, 5.41) is 9.33. The first-order valence-corrected chi connectivity index (χ1v) is 8.13. The van der Waals surface area contributed by atoms with E-state index in [0.29, 0.717) is 18.7 Å². The summed E-state index contributed by atoms with van der Waals surface area (Å²) in [6, 6.07) is 5.85. The van der Waals surface area contributed by atoms with Crippen molar-refractivity contribution >= 4 is 17.5 Å². The van der Waals surface area contributed by atoms with E-state index in [-0.39, 0.29) is 30.6 Å². The molecule has 2 amide bonds. The monoisotopic (exact) mass is 350 g/mol. The van der Waals surface area contributed by atoms with Gasteiger partial charge in [-0.05, 0) is 31.8 Å². The van der Waals surface area contributed by atoms with Gasteiger partial charge in [0, 0.05) is 32.5 Å². The zero-order valence-electron chi connectivity index (χ0n) is 14.4. The van der Waals surface area contributed by atoms with Gasteiger partial charge in [-0.1, -0.05) is 17.3 Å². The smallest absolute Gasteiger partial charge is 0.264 e. The van der Waals surface area contributed by atoms with E-state index in [9.17, 15) is 14.0 Å². The third kappa shape index (κ3) is 6.15. The third-order valence-corrected chi connectivity index (χ3v) is 3.67. The number of benzene rings is 1. The number of rotatable bonds is 8. The molecule has 1 aliphatic heterocycles. The van der Waals surface area contributed by atoms with Crippen LogP contribution in [-0.4, -0.2) is 62.3 Å². The second kappa shape index (κ2) is 9.12. The van der Waals surface area contributed by atoms with Crippen LogP contribution in [-0.2, 0) is 14.4 Å². The van der Waals surface area contributed by atoms with Crippen LogP contribution in [0.2, 0.25) is 0 Å². The second-order valence-electron chi connectivity index (χ2n) is 6.04. The van der Waals surface area contributed by atoms with E-state index in [0.717, 1.165) is 12.1 Å². The van der Waals surface area contributed by atoms with E-state index >= 15 is 0 Å². The van der Waals surface area contributed by atoms with Crippen molar-refractivity contribution in [1.29, 1.82) is 0 Å². The molecule has 1 unspecified atom stereocenters. The average molecular weight is 350 g/mol. The van der Waals surface area contributed by atoms with E-state index in [1.807, 2.05) is 19.0 Å². The van der Waals surface area contributed by atoms with Crippen LogP contribution in [0.15, 0.2) is 29.4 Å². The molecule has 2 rings (SSSR count). The molecule has 0 aromatic heterocycles. The minimum Gasteiger partial charge on any atom is -0.382 e. The van der Waals surface area contributed by atoms with Gasteiger partial charge in [-0.25, -0.2) is 4.39 Å². The molecule has 0 saturated carbocycles. The summed E-state index contributed by atoms with van der Waals surface area (Å²) in [7, 11) is 3.85. The van der Waals surface area contributed by atoms with Gasteiger partial charge in [-0.3, -0.25) is 9.59 Å². The molecule has 0 spiro atoms. The maximum Gasteiger partial charge on any atom is 0.264 e. The Morgan fingerprint density at radius 1 is 1.24 bits per heavy atom. The molecule has 136 valence electrons. The van der Waals surface area contributed by atoms with Crippen molar-refractivity contribution in [1.82, 2.24) is 15.5 Å². The molecule has 1 aromatic carbocycles. The summed E-state index contributed by atoms with van der Waals surface area (Å²) >= 11 is 0. The number of hydrogen-bond donors (Lipinski definition) is 2. The molecule has 0 bridgehead atoms. The Morgan fingerprint density at radius 3 is 2.64 bits per heavy atom. The Bertz CT molecular complexity index is 631. The predicted molar refractivity (Wildman–Crippen MR) is 91.6 cm³/mol. The zero-order valence-corrected chi connectivity index (χ0v) is 14.4. The van der Waals surface area contributed by atoms with Gasteiger partial charge in [-0.2, -0.15) is 0 Å². The van der Waals surface area contributed by atoms with Crippen molar-refractivity contribution < 1.29 is 18.8 Å². The number of oxime groups is 1.